The van der Waals surface area contributed by atoms with Crippen molar-refractivity contribution in [2.75, 3.05) is 19.1 Å². The zero-order chi connectivity index (χ0) is 14.6. The Hall–Kier alpha value is -2.24. The quantitative estimate of drug-likeness (QED) is 0.373. The number of rotatable bonds is 4. The highest BCUT2D eigenvalue weighted by atomic mass is 16.5. The average Bonchev–Trinajstić information content (AvgIpc) is 2.44. The fraction of sp³-hybridized carbons (Fsp3) is 0.385. The van der Waals surface area contributed by atoms with Gasteiger partial charge < -0.3 is 20.6 Å². The molecule has 104 valence electrons. The van der Waals surface area contributed by atoms with E-state index in [1.807, 2.05) is 6.07 Å². The van der Waals surface area contributed by atoms with Crippen LogP contribution in [0, 0.1) is 5.41 Å². The van der Waals surface area contributed by atoms with Crippen LogP contribution in [0.4, 0.5) is 5.69 Å². The normalized spacial score (nSPS) is 12.1. The second-order valence-corrected chi connectivity index (χ2v) is 4.65. The van der Waals surface area contributed by atoms with E-state index in [2.05, 4.69) is 5.16 Å². The van der Waals surface area contributed by atoms with Gasteiger partial charge >= 0.3 is 0 Å². The van der Waals surface area contributed by atoms with Gasteiger partial charge in [0.2, 0.25) is 5.91 Å². The Bertz CT molecular complexity index is 498. The van der Waals surface area contributed by atoms with Gasteiger partial charge in [0, 0.05) is 7.05 Å². The van der Waals surface area contributed by atoms with Crippen LogP contribution >= 0.6 is 0 Å². The molecular weight excluding hydrogens is 246 g/mol. The number of para-hydroxylation sites is 2. The average molecular weight is 265 g/mol. The lowest BCUT2D eigenvalue weighted by Gasteiger charge is -2.29. The molecule has 0 aliphatic carbocycles. The molecule has 0 aliphatic heterocycles. The largest absolute Gasteiger partial charge is 0.495 e. The van der Waals surface area contributed by atoms with Gasteiger partial charge in [-0.05, 0) is 26.0 Å². The van der Waals surface area contributed by atoms with Gasteiger partial charge in [0.05, 0.1) is 12.8 Å². The molecule has 3 N–H and O–H groups in total. The van der Waals surface area contributed by atoms with E-state index in [1.54, 1.807) is 39.1 Å². The van der Waals surface area contributed by atoms with Gasteiger partial charge in [0.1, 0.15) is 11.2 Å². The molecule has 0 spiro atoms. The standard InChI is InChI=1S/C13H19N3O3/c1-13(2,11(14)15-18)12(17)16(3)9-7-5-6-8-10(9)19-4/h5-8,18H,1-4H3,(H2,14,15). The molecule has 0 saturated heterocycles. The molecule has 0 aromatic heterocycles. The maximum atomic E-state index is 12.4. The van der Waals surface area contributed by atoms with E-state index in [1.165, 1.54) is 12.0 Å². The molecule has 6 heteroatoms. The molecule has 0 radical (unpaired) electrons. The van der Waals surface area contributed by atoms with Crippen molar-refractivity contribution in [1.82, 2.24) is 0 Å². The highest BCUT2D eigenvalue weighted by molar-refractivity contribution is 6.12. The summed E-state index contributed by atoms with van der Waals surface area (Å²) in [6.07, 6.45) is 0. The topological polar surface area (TPSA) is 88.2 Å². The minimum Gasteiger partial charge on any atom is -0.495 e. The summed E-state index contributed by atoms with van der Waals surface area (Å²) >= 11 is 0. The number of nitrogens with two attached hydrogens (primary N) is 1. The molecule has 1 aromatic rings. The van der Waals surface area contributed by atoms with Crippen LogP contribution < -0.4 is 15.4 Å². The molecular formula is C13H19N3O3. The van der Waals surface area contributed by atoms with E-state index in [-0.39, 0.29) is 11.7 Å². The van der Waals surface area contributed by atoms with Crippen LogP contribution in [0.5, 0.6) is 5.75 Å². The van der Waals surface area contributed by atoms with Crippen LogP contribution in [0.15, 0.2) is 29.4 Å². The van der Waals surface area contributed by atoms with Gasteiger partial charge in [-0.3, -0.25) is 4.79 Å². The first-order chi connectivity index (χ1) is 8.86. The van der Waals surface area contributed by atoms with Crippen molar-refractivity contribution in [1.29, 1.82) is 0 Å². The van der Waals surface area contributed by atoms with Gasteiger partial charge in [-0.1, -0.05) is 17.3 Å². The summed E-state index contributed by atoms with van der Waals surface area (Å²) in [4.78, 5) is 13.9. The van der Waals surface area contributed by atoms with Crippen molar-refractivity contribution in [3.63, 3.8) is 0 Å². The first-order valence-electron chi connectivity index (χ1n) is 5.75. The Labute approximate surface area is 112 Å². The highest BCUT2D eigenvalue weighted by Crippen LogP contribution is 2.30. The number of carbonyl (C=O) groups excluding carboxylic acids is 1. The monoisotopic (exact) mass is 265 g/mol. The van der Waals surface area contributed by atoms with Crippen LogP contribution in [-0.4, -0.2) is 31.1 Å². The van der Waals surface area contributed by atoms with Crippen LogP contribution in [0.3, 0.4) is 0 Å². The summed E-state index contributed by atoms with van der Waals surface area (Å²) < 4.78 is 5.21. The predicted molar refractivity (Wildman–Crippen MR) is 73.6 cm³/mol. The van der Waals surface area contributed by atoms with Crippen LogP contribution in [-0.2, 0) is 4.79 Å². The lowest BCUT2D eigenvalue weighted by atomic mass is 9.90. The number of carbonyl (C=O) groups is 1. The maximum absolute atomic E-state index is 12.4. The molecule has 0 fully saturated rings. The van der Waals surface area contributed by atoms with E-state index in [0.717, 1.165) is 0 Å². The number of nitrogens with zero attached hydrogens (tertiary/aromatic N) is 2. The molecule has 0 saturated carbocycles. The molecule has 0 unspecified atom stereocenters. The van der Waals surface area contributed by atoms with Crippen molar-refractivity contribution in [2.24, 2.45) is 16.3 Å². The Morgan fingerprint density at radius 1 is 1.42 bits per heavy atom. The number of ether oxygens (including phenoxy) is 1. The van der Waals surface area contributed by atoms with Gasteiger partial charge in [-0.2, -0.15) is 0 Å². The smallest absolute Gasteiger partial charge is 0.240 e. The molecule has 0 bridgehead atoms. The predicted octanol–water partition coefficient (Wildman–Crippen LogP) is 1.43. The highest BCUT2D eigenvalue weighted by Gasteiger charge is 2.36. The molecule has 0 heterocycles. The number of oxime groups is 1. The zero-order valence-electron chi connectivity index (χ0n) is 11.5. The number of amides is 1. The Balaban J connectivity index is 3.13. The lowest BCUT2D eigenvalue weighted by molar-refractivity contribution is -0.123. The second-order valence-electron chi connectivity index (χ2n) is 4.65. The van der Waals surface area contributed by atoms with Crippen molar-refractivity contribution >= 4 is 17.4 Å². The van der Waals surface area contributed by atoms with Crippen molar-refractivity contribution in [3.8, 4) is 5.75 Å². The zero-order valence-corrected chi connectivity index (χ0v) is 11.5. The first-order valence-corrected chi connectivity index (χ1v) is 5.75. The summed E-state index contributed by atoms with van der Waals surface area (Å²) in [6.45, 7) is 3.19. The van der Waals surface area contributed by atoms with E-state index in [4.69, 9.17) is 15.7 Å². The summed E-state index contributed by atoms with van der Waals surface area (Å²) in [5.41, 5.74) is 5.07. The summed E-state index contributed by atoms with van der Waals surface area (Å²) in [6, 6.07) is 7.14. The van der Waals surface area contributed by atoms with E-state index in [0.29, 0.717) is 11.4 Å². The number of benzene rings is 1. The number of methoxy groups -OCH3 is 1. The third-order valence-corrected chi connectivity index (χ3v) is 3.03. The molecule has 1 rings (SSSR count). The molecule has 1 aromatic carbocycles. The first kappa shape index (κ1) is 14.8. The second kappa shape index (κ2) is 5.60. The summed E-state index contributed by atoms with van der Waals surface area (Å²) in [5, 5.41) is 11.7. The van der Waals surface area contributed by atoms with Crippen molar-refractivity contribution < 1.29 is 14.7 Å². The molecule has 1 amide bonds. The van der Waals surface area contributed by atoms with Crippen molar-refractivity contribution in [3.05, 3.63) is 24.3 Å². The van der Waals surface area contributed by atoms with Crippen LogP contribution in [0.1, 0.15) is 13.8 Å². The number of amidine groups is 1. The summed E-state index contributed by atoms with van der Waals surface area (Å²) in [7, 11) is 3.15. The number of hydrogen-bond donors (Lipinski definition) is 2. The lowest BCUT2D eigenvalue weighted by Crippen LogP contribution is -2.46. The Kier molecular flexibility index (Phi) is 4.37. The van der Waals surface area contributed by atoms with Crippen LogP contribution in [0.2, 0.25) is 0 Å². The summed E-state index contributed by atoms with van der Waals surface area (Å²) in [5.74, 6) is 0.139. The van der Waals surface area contributed by atoms with Crippen LogP contribution in [0.25, 0.3) is 0 Å². The third kappa shape index (κ3) is 2.78. The Morgan fingerprint density at radius 3 is 2.53 bits per heavy atom. The fourth-order valence-electron chi connectivity index (χ4n) is 1.67. The van der Waals surface area contributed by atoms with E-state index >= 15 is 0 Å². The molecule has 0 aliphatic rings. The van der Waals surface area contributed by atoms with Gasteiger partial charge in [0.15, 0.2) is 5.84 Å². The third-order valence-electron chi connectivity index (χ3n) is 3.03. The minimum absolute atomic E-state index is 0.140. The van der Waals surface area contributed by atoms with E-state index in [9.17, 15) is 4.79 Å². The van der Waals surface area contributed by atoms with Gasteiger partial charge in [-0.25, -0.2) is 0 Å². The van der Waals surface area contributed by atoms with Gasteiger partial charge in [0.25, 0.3) is 0 Å². The fourth-order valence-corrected chi connectivity index (χ4v) is 1.67. The molecule has 0 atom stereocenters. The maximum Gasteiger partial charge on any atom is 0.240 e. The van der Waals surface area contributed by atoms with E-state index < -0.39 is 5.41 Å². The van der Waals surface area contributed by atoms with Crippen molar-refractivity contribution in [2.45, 2.75) is 13.8 Å². The SMILES string of the molecule is COc1ccccc1N(C)C(=O)C(C)(C)C(N)=NO. The molecule has 19 heavy (non-hydrogen) atoms. The molecule has 6 nitrogen and oxygen atoms in total. The minimum atomic E-state index is -1.11. The van der Waals surface area contributed by atoms with Gasteiger partial charge in [-0.15, -0.1) is 0 Å². The number of anilines is 1. The number of hydrogen-bond acceptors (Lipinski definition) is 4. The Morgan fingerprint density at radius 2 is 2.00 bits per heavy atom.